The van der Waals surface area contributed by atoms with Crippen LogP contribution in [-0.2, 0) is 21.5 Å². The maximum absolute atomic E-state index is 11.6. The molecule has 4 nitrogen and oxygen atoms in total. The van der Waals surface area contributed by atoms with Gasteiger partial charge in [0, 0.05) is 0 Å². The Morgan fingerprint density at radius 2 is 1.87 bits per heavy atom. The predicted octanol–water partition coefficient (Wildman–Crippen LogP) is 3.14. The zero-order valence-electron chi connectivity index (χ0n) is 13.5. The van der Waals surface area contributed by atoms with Crippen LogP contribution in [0.1, 0.15) is 33.5 Å². The molecule has 0 amide bonds. The van der Waals surface area contributed by atoms with Gasteiger partial charge in [0.25, 0.3) is 0 Å². The highest BCUT2D eigenvalue weighted by Gasteiger charge is 2.36. The van der Waals surface area contributed by atoms with Gasteiger partial charge in [-0.05, 0) is 43.0 Å². The van der Waals surface area contributed by atoms with Gasteiger partial charge >= 0.3 is 5.97 Å². The molecule has 0 aliphatic carbocycles. The molecule has 23 heavy (non-hydrogen) atoms. The number of carbonyl (C=O) groups is 1. The van der Waals surface area contributed by atoms with Crippen molar-refractivity contribution in [3.8, 4) is 0 Å². The average molecular weight is 311 g/mol. The smallest absolute Gasteiger partial charge is 0.337 e. The second-order valence-corrected chi connectivity index (χ2v) is 6.01. The van der Waals surface area contributed by atoms with Gasteiger partial charge in [-0.15, -0.1) is 0 Å². The van der Waals surface area contributed by atoms with Crippen LogP contribution in [0.4, 0.5) is 0 Å². The van der Waals surface area contributed by atoms with Crippen molar-refractivity contribution in [3.05, 3.63) is 70.8 Å². The number of nitrogens with one attached hydrogen (secondary N) is 1. The quantitative estimate of drug-likeness (QED) is 0.881. The molecule has 2 aromatic carbocycles. The highest BCUT2D eigenvalue weighted by molar-refractivity contribution is 5.89. The largest absolute Gasteiger partial charge is 0.465 e. The Kier molecular flexibility index (Phi) is 4.46. The van der Waals surface area contributed by atoms with Crippen LogP contribution in [0.5, 0.6) is 0 Å². The minimum absolute atomic E-state index is 0.260. The van der Waals surface area contributed by atoms with Crippen LogP contribution in [0.15, 0.2) is 48.5 Å². The number of hydrogen-bond donors (Lipinski definition) is 1. The summed E-state index contributed by atoms with van der Waals surface area (Å²) in [5.74, 6) is -0.320. The predicted molar refractivity (Wildman–Crippen MR) is 88.0 cm³/mol. The third-order valence-electron chi connectivity index (χ3n) is 4.38. The lowest BCUT2D eigenvalue weighted by Crippen LogP contribution is -2.38. The fourth-order valence-corrected chi connectivity index (χ4v) is 2.99. The maximum atomic E-state index is 11.6. The first-order chi connectivity index (χ1) is 11.1. The van der Waals surface area contributed by atoms with Crippen molar-refractivity contribution in [1.29, 1.82) is 0 Å². The van der Waals surface area contributed by atoms with Gasteiger partial charge in [0.05, 0.1) is 24.8 Å². The number of benzene rings is 2. The molecular weight excluding hydrogens is 290 g/mol. The van der Waals surface area contributed by atoms with Gasteiger partial charge in [-0.25, -0.2) is 4.79 Å². The number of methoxy groups -OCH3 is 1. The molecule has 1 fully saturated rings. The van der Waals surface area contributed by atoms with Crippen LogP contribution in [0.3, 0.4) is 0 Å². The van der Waals surface area contributed by atoms with E-state index < -0.39 is 0 Å². The molecule has 4 heteroatoms. The van der Waals surface area contributed by atoms with Crippen LogP contribution < -0.4 is 5.48 Å². The molecule has 0 radical (unpaired) electrons. The van der Waals surface area contributed by atoms with Crippen molar-refractivity contribution in [2.24, 2.45) is 0 Å². The topological polar surface area (TPSA) is 47.6 Å². The molecule has 2 aromatic rings. The second kappa shape index (κ2) is 6.52. The van der Waals surface area contributed by atoms with Gasteiger partial charge in [-0.1, -0.05) is 42.0 Å². The molecule has 1 atom stereocenters. The Bertz CT molecular complexity index is 671. The van der Waals surface area contributed by atoms with Crippen LogP contribution in [0.25, 0.3) is 0 Å². The first-order valence-corrected chi connectivity index (χ1v) is 7.76. The van der Waals surface area contributed by atoms with E-state index in [1.54, 1.807) is 12.1 Å². The Balaban J connectivity index is 1.88. The molecule has 1 N–H and O–H groups in total. The lowest BCUT2D eigenvalue weighted by Gasteiger charge is -2.28. The fraction of sp³-hybridized carbons (Fsp3) is 0.316. The highest BCUT2D eigenvalue weighted by Crippen LogP contribution is 2.33. The second-order valence-electron chi connectivity index (χ2n) is 6.01. The molecule has 0 spiro atoms. The van der Waals surface area contributed by atoms with Crippen LogP contribution in [0, 0.1) is 6.92 Å². The van der Waals surface area contributed by atoms with E-state index >= 15 is 0 Å². The lowest BCUT2D eigenvalue weighted by atomic mass is 9.82. The standard InChI is InChI=1S/C19H21NO3/c1-14-3-5-15(6-4-14)13-19(11-12-23-20-19)17-9-7-16(8-10-17)18(21)22-2/h3-10,20H,11-13H2,1-2H3. The van der Waals surface area contributed by atoms with E-state index in [-0.39, 0.29) is 11.5 Å². The van der Waals surface area contributed by atoms with Gasteiger partial charge in [-0.2, -0.15) is 5.48 Å². The number of carbonyl (C=O) groups excluding carboxylic acids is 1. The number of hydrogen-bond acceptors (Lipinski definition) is 4. The summed E-state index contributed by atoms with van der Waals surface area (Å²) in [6.07, 6.45) is 1.73. The van der Waals surface area contributed by atoms with Crippen LogP contribution in [-0.4, -0.2) is 19.7 Å². The SMILES string of the molecule is COC(=O)c1ccc(C2(Cc3ccc(C)cc3)CCON2)cc1. The summed E-state index contributed by atoms with van der Waals surface area (Å²) in [7, 11) is 1.39. The summed E-state index contributed by atoms with van der Waals surface area (Å²) in [4.78, 5) is 17.1. The molecule has 1 unspecified atom stereocenters. The Hall–Kier alpha value is -2.17. The van der Waals surface area contributed by atoms with Crippen LogP contribution >= 0.6 is 0 Å². The third kappa shape index (κ3) is 3.28. The third-order valence-corrected chi connectivity index (χ3v) is 4.38. The summed E-state index contributed by atoms with van der Waals surface area (Å²) in [5, 5.41) is 0. The van der Waals surface area contributed by atoms with E-state index in [9.17, 15) is 4.79 Å². The zero-order valence-corrected chi connectivity index (χ0v) is 13.5. The summed E-state index contributed by atoms with van der Waals surface area (Å²) in [6.45, 7) is 2.76. The fourth-order valence-electron chi connectivity index (χ4n) is 2.99. The Morgan fingerprint density at radius 1 is 1.17 bits per heavy atom. The summed E-state index contributed by atoms with van der Waals surface area (Å²) < 4.78 is 4.75. The number of aryl methyl sites for hydroxylation is 1. The Morgan fingerprint density at radius 3 is 2.43 bits per heavy atom. The van der Waals surface area contributed by atoms with E-state index in [0.29, 0.717) is 12.2 Å². The average Bonchev–Trinajstić information content (AvgIpc) is 3.06. The lowest BCUT2D eigenvalue weighted by molar-refractivity contribution is 0.0594. The normalized spacial score (nSPS) is 20.4. The molecule has 1 heterocycles. The minimum atomic E-state index is -0.320. The first kappa shape index (κ1) is 15.7. The van der Waals surface area contributed by atoms with E-state index in [4.69, 9.17) is 9.57 Å². The van der Waals surface area contributed by atoms with Gasteiger partial charge in [0.15, 0.2) is 0 Å². The van der Waals surface area contributed by atoms with Crippen molar-refractivity contribution < 1.29 is 14.4 Å². The molecule has 1 saturated heterocycles. The van der Waals surface area contributed by atoms with Gasteiger partial charge in [0.1, 0.15) is 0 Å². The molecule has 3 rings (SSSR count). The van der Waals surface area contributed by atoms with Crippen molar-refractivity contribution in [3.63, 3.8) is 0 Å². The highest BCUT2D eigenvalue weighted by atomic mass is 16.7. The molecule has 1 aliphatic rings. The zero-order chi connectivity index (χ0) is 16.3. The molecular formula is C19H21NO3. The van der Waals surface area contributed by atoms with Crippen molar-refractivity contribution in [2.75, 3.05) is 13.7 Å². The first-order valence-electron chi connectivity index (χ1n) is 7.76. The minimum Gasteiger partial charge on any atom is -0.465 e. The van der Waals surface area contributed by atoms with Crippen molar-refractivity contribution in [2.45, 2.75) is 25.3 Å². The number of rotatable bonds is 4. The van der Waals surface area contributed by atoms with Gasteiger partial charge < -0.3 is 9.57 Å². The molecule has 0 saturated carbocycles. The monoisotopic (exact) mass is 311 g/mol. The summed E-state index contributed by atoms with van der Waals surface area (Å²) in [6, 6.07) is 16.1. The van der Waals surface area contributed by atoms with E-state index in [1.165, 1.54) is 18.2 Å². The maximum Gasteiger partial charge on any atom is 0.337 e. The number of hydroxylamine groups is 1. The molecule has 1 aliphatic heterocycles. The van der Waals surface area contributed by atoms with E-state index in [2.05, 4.69) is 36.7 Å². The molecule has 0 aromatic heterocycles. The van der Waals surface area contributed by atoms with Gasteiger partial charge in [0.2, 0.25) is 0 Å². The Labute approximate surface area is 136 Å². The number of ether oxygens (including phenoxy) is 1. The van der Waals surface area contributed by atoms with Gasteiger partial charge in [-0.3, -0.25) is 0 Å². The van der Waals surface area contributed by atoms with E-state index in [1.807, 2.05) is 12.1 Å². The number of esters is 1. The van der Waals surface area contributed by atoms with Crippen LogP contribution in [0.2, 0.25) is 0 Å². The summed E-state index contributed by atoms with van der Waals surface area (Å²) in [5.41, 5.74) is 7.11. The van der Waals surface area contributed by atoms with Crippen molar-refractivity contribution in [1.82, 2.24) is 5.48 Å². The van der Waals surface area contributed by atoms with Crippen molar-refractivity contribution >= 4 is 5.97 Å². The summed E-state index contributed by atoms with van der Waals surface area (Å²) >= 11 is 0. The molecule has 0 bridgehead atoms. The molecule has 120 valence electrons. The van der Waals surface area contributed by atoms with E-state index in [0.717, 1.165) is 18.4 Å².